The summed E-state index contributed by atoms with van der Waals surface area (Å²) in [6.45, 7) is 10.1. The van der Waals surface area contributed by atoms with Gasteiger partial charge >= 0.3 is 0 Å². The molecule has 34 heavy (non-hydrogen) atoms. The monoisotopic (exact) mass is 496 g/mol. The average Bonchev–Trinajstić information content (AvgIpc) is 2.85. The van der Waals surface area contributed by atoms with E-state index in [4.69, 9.17) is 23.8 Å². The minimum atomic E-state index is -0.106. The zero-order valence-corrected chi connectivity index (χ0v) is 21.4. The van der Waals surface area contributed by atoms with Gasteiger partial charge in [0.15, 0.2) is 4.77 Å². The summed E-state index contributed by atoms with van der Waals surface area (Å²) < 4.78 is 1.98. The molecule has 1 saturated heterocycles. The van der Waals surface area contributed by atoms with E-state index in [1.54, 1.807) is 4.57 Å². The zero-order valence-electron chi connectivity index (χ0n) is 19.8. The Morgan fingerprint density at radius 1 is 1.24 bits per heavy atom. The highest BCUT2D eigenvalue weighted by Crippen LogP contribution is 2.20. The van der Waals surface area contributed by atoms with Gasteiger partial charge in [-0.05, 0) is 79.8 Å². The van der Waals surface area contributed by atoms with Crippen LogP contribution in [0.15, 0.2) is 53.8 Å². The maximum absolute atomic E-state index is 13.1. The number of halogens is 1. The first-order valence-electron chi connectivity index (χ1n) is 12.1. The molecule has 2 aromatic carbocycles. The van der Waals surface area contributed by atoms with E-state index >= 15 is 0 Å². The van der Waals surface area contributed by atoms with Gasteiger partial charge in [-0.25, -0.2) is 0 Å². The Kier molecular flexibility index (Phi) is 8.24. The van der Waals surface area contributed by atoms with Crippen LogP contribution in [0.4, 0.5) is 0 Å². The third kappa shape index (κ3) is 5.80. The molecular formula is C27H33ClN4OS. The number of piperidine rings is 1. The molecule has 1 atom stereocenters. The highest BCUT2D eigenvalue weighted by Gasteiger charge is 2.19. The predicted octanol–water partition coefficient (Wildman–Crippen LogP) is 5.98. The zero-order chi connectivity index (χ0) is 24.1. The van der Waals surface area contributed by atoms with Gasteiger partial charge < -0.3 is 15.2 Å². The SMILES string of the molecule is C=C(NCCCN1CCCCC1CC)c1ccc2c(=O)n(Cc3ccc(Cl)cc3)c(=S)[nH]c2c1. The number of hydrogen-bond acceptors (Lipinski definition) is 4. The Labute approximate surface area is 211 Å². The molecule has 1 unspecified atom stereocenters. The third-order valence-corrected chi connectivity index (χ3v) is 7.34. The highest BCUT2D eigenvalue weighted by atomic mass is 35.5. The van der Waals surface area contributed by atoms with E-state index in [-0.39, 0.29) is 5.56 Å². The number of benzene rings is 2. The van der Waals surface area contributed by atoms with Gasteiger partial charge in [0.05, 0.1) is 17.4 Å². The average molecular weight is 497 g/mol. The summed E-state index contributed by atoms with van der Waals surface area (Å²) >= 11 is 11.5. The van der Waals surface area contributed by atoms with Crippen molar-refractivity contribution in [1.82, 2.24) is 19.8 Å². The summed E-state index contributed by atoms with van der Waals surface area (Å²) in [6.07, 6.45) is 6.33. The van der Waals surface area contributed by atoms with E-state index < -0.39 is 0 Å². The summed E-state index contributed by atoms with van der Waals surface area (Å²) in [7, 11) is 0. The minimum Gasteiger partial charge on any atom is -0.385 e. The van der Waals surface area contributed by atoms with Crippen LogP contribution in [0.25, 0.3) is 16.6 Å². The third-order valence-electron chi connectivity index (χ3n) is 6.77. The molecule has 3 aromatic rings. The Balaban J connectivity index is 1.41. The molecule has 2 N–H and O–H groups in total. The van der Waals surface area contributed by atoms with Gasteiger partial charge in [0.2, 0.25) is 0 Å². The molecule has 0 radical (unpaired) electrons. The molecule has 0 amide bonds. The van der Waals surface area contributed by atoms with Crippen molar-refractivity contribution in [1.29, 1.82) is 0 Å². The number of hydrogen-bond donors (Lipinski definition) is 2. The first kappa shape index (κ1) is 24.7. The lowest BCUT2D eigenvalue weighted by Gasteiger charge is -2.35. The van der Waals surface area contributed by atoms with Crippen LogP contribution in [0.5, 0.6) is 0 Å². The molecule has 4 rings (SSSR count). The maximum atomic E-state index is 13.1. The Hall–Kier alpha value is -2.41. The Bertz CT molecular complexity index is 1260. The number of nitrogens with zero attached hydrogens (tertiary/aromatic N) is 2. The van der Waals surface area contributed by atoms with Crippen LogP contribution in [0.2, 0.25) is 5.02 Å². The largest absolute Gasteiger partial charge is 0.385 e. The molecule has 180 valence electrons. The van der Waals surface area contributed by atoms with E-state index in [1.807, 2.05) is 42.5 Å². The normalized spacial score (nSPS) is 16.6. The molecule has 7 heteroatoms. The smallest absolute Gasteiger partial charge is 0.262 e. The van der Waals surface area contributed by atoms with Crippen molar-refractivity contribution in [3.05, 3.63) is 80.3 Å². The van der Waals surface area contributed by atoms with Gasteiger partial charge in [-0.1, -0.05) is 49.7 Å². The van der Waals surface area contributed by atoms with Crippen molar-refractivity contribution in [2.45, 2.75) is 51.6 Å². The van der Waals surface area contributed by atoms with E-state index in [0.717, 1.165) is 47.9 Å². The number of rotatable bonds is 9. The van der Waals surface area contributed by atoms with Crippen molar-refractivity contribution in [3.63, 3.8) is 0 Å². The first-order valence-corrected chi connectivity index (χ1v) is 12.9. The molecular weight excluding hydrogens is 464 g/mol. The lowest BCUT2D eigenvalue weighted by Crippen LogP contribution is -2.40. The predicted molar refractivity (Wildman–Crippen MR) is 145 cm³/mol. The van der Waals surface area contributed by atoms with Gasteiger partial charge in [-0.15, -0.1) is 0 Å². The van der Waals surface area contributed by atoms with E-state index in [0.29, 0.717) is 21.7 Å². The molecule has 1 aliphatic rings. The van der Waals surface area contributed by atoms with Crippen molar-refractivity contribution in [2.75, 3.05) is 19.6 Å². The van der Waals surface area contributed by atoms with E-state index in [1.165, 1.54) is 32.2 Å². The standard InChI is InChI=1S/C27H33ClN4OS/c1-3-23-7-4-5-15-31(23)16-6-14-29-19(2)21-10-13-24-25(17-21)30-27(34)32(26(24)33)18-20-8-11-22(28)12-9-20/h8-13,17,23,29H,2-7,14-16,18H2,1H3,(H,30,34). The van der Waals surface area contributed by atoms with Crippen molar-refractivity contribution in [2.24, 2.45) is 0 Å². The first-order chi connectivity index (χ1) is 16.5. The van der Waals surface area contributed by atoms with Crippen LogP contribution in [0.1, 0.15) is 50.2 Å². The van der Waals surface area contributed by atoms with Crippen molar-refractivity contribution < 1.29 is 0 Å². The quantitative estimate of drug-likeness (QED) is 0.283. The number of fused-ring (bicyclic) bond motifs is 1. The molecule has 0 aliphatic carbocycles. The van der Waals surface area contributed by atoms with Crippen molar-refractivity contribution in [3.8, 4) is 0 Å². The fourth-order valence-electron chi connectivity index (χ4n) is 4.80. The number of likely N-dealkylation sites (tertiary alicyclic amines) is 1. The summed E-state index contributed by atoms with van der Waals surface area (Å²) in [5, 5.41) is 4.73. The fraction of sp³-hybridized carbons (Fsp3) is 0.407. The second-order valence-corrected chi connectivity index (χ2v) is 9.88. The second-order valence-electron chi connectivity index (χ2n) is 9.06. The second kappa shape index (κ2) is 11.3. The highest BCUT2D eigenvalue weighted by molar-refractivity contribution is 7.71. The van der Waals surface area contributed by atoms with Gasteiger partial charge in [0, 0.05) is 29.9 Å². The molecule has 1 aromatic heterocycles. The van der Waals surface area contributed by atoms with Crippen LogP contribution >= 0.6 is 23.8 Å². The number of nitrogens with one attached hydrogen (secondary N) is 2. The van der Waals surface area contributed by atoms with Gasteiger partial charge in [-0.2, -0.15) is 0 Å². The molecule has 1 fully saturated rings. The van der Waals surface area contributed by atoms with Gasteiger partial charge in [0.25, 0.3) is 5.56 Å². The maximum Gasteiger partial charge on any atom is 0.262 e. The fourth-order valence-corrected chi connectivity index (χ4v) is 5.18. The van der Waals surface area contributed by atoms with Gasteiger partial charge in [0.1, 0.15) is 0 Å². The summed E-state index contributed by atoms with van der Waals surface area (Å²) in [5.74, 6) is 0. The van der Waals surface area contributed by atoms with Crippen LogP contribution in [0, 0.1) is 4.77 Å². The number of aromatic amines is 1. The Morgan fingerprint density at radius 2 is 2.03 bits per heavy atom. The lowest BCUT2D eigenvalue weighted by atomic mass is 10.00. The topological polar surface area (TPSA) is 53.1 Å². The van der Waals surface area contributed by atoms with Crippen LogP contribution in [0.3, 0.4) is 0 Å². The number of aromatic nitrogens is 2. The molecule has 2 heterocycles. The van der Waals surface area contributed by atoms with E-state index in [9.17, 15) is 4.79 Å². The van der Waals surface area contributed by atoms with E-state index in [2.05, 4.69) is 28.7 Å². The summed E-state index contributed by atoms with van der Waals surface area (Å²) in [5.41, 5.74) is 3.40. The Morgan fingerprint density at radius 3 is 2.79 bits per heavy atom. The van der Waals surface area contributed by atoms with Gasteiger partial charge in [-0.3, -0.25) is 9.36 Å². The molecule has 1 aliphatic heterocycles. The lowest BCUT2D eigenvalue weighted by molar-refractivity contribution is 0.143. The van der Waals surface area contributed by atoms with Crippen LogP contribution < -0.4 is 10.9 Å². The summed E-state index contributed by atoms with van der Waals surface area (Å²) in [4.78, 5) is 19.0. The van der Waals surface area contributed by atoms with Crippen LogP contribution in [-0.2, 0) is 6.54 Å². The minimum absolute atomic E-state index is 0.106. The molecule has 0 saturated carbocycles. The molecule has 5 nitrogen and oxygen atoms in total. The molecule has 0 bridgehead atoms. The van der Waals surface area contributed by atoms with Crippen molar-refractivity contribution >= 4 is 40.4 Å². The summed E-state index contributed by atoms with van der Waals surface area (Å²) in [6, 6.07) is 13.9. The number of H-pyrrole nitrogens is 1. The van der Waals surface area contributed by atoms with Crippen LogP contribution in [-0.4, -0.2) is 40.1 Å². The molecule has 0 spiro atoms.